The maximum absolute atomic E-state index is 12.9. The monoisotopic (exact) mass is 418 g/mol. The Morgan fingerprint density at radius 2 is 1.43 bits per heavy atom. The minimum atomic E-state index is -0.890. The molecule has 3 saturated carbocycles. The number of hydrogen-bond acceptors (Lipinski definition) is 3. The molecule has 0 saturated heterocycles. The van der Waals surface area contributed by atoms with Crippen LogP contribution in [0.3, 0.4) is 0 Å². The fourth-order valence-corrected chi connectivity index (χ4v) is 6.68. The van der Waals surface area contributed by atoms with Gasteiger partial charge in [-0.25, -0.2) is 0 Å². The number of unbranched alkanes of at least 4 members (excludes halogenated alkanes) is 1. The topological polar surface area (TPSA) is 43.4 Å². The molecule has 0 amide bonds. The van der Waals surface area contributed by atoms with Crippen LogP contribution in [0.4, 0.5) is 0 Å². The van der Waals surface area contributed by atoms with Crippen LogP contribution in [0.2, 0.25) is 0 Å². The molecular weight excluding hydrogens is 372 g/mol. The zero-order valence-corrected chi connectivity index (χ0v) is 19.9. The first kappa shape index (κ1) is 23.8. The predicted molar refractivity (Wildman–Crippen MR) is 122 cm³/mol. The molecule has 0 radical (unpaired) electrons. The Morgan fingerprint density at radius 3 is 1.97 bits per heavy atom. The van der Waals surface area contributed by atoms with Gasteiger partial charge in [0.25, 0.3) is 0 Å². The Balaban J connectivity index is 1.42. The molecule has 0 aromatic carbocycles. The maximum atomic E-state index is 12.9. The highest BCUT2D eigenvalue weighted by Crippen LogP contribution is 2.47. The SMILES string of the molecule is CCCCC1CCC(C2CCC([C@@H]3CC[C@](C)(C(=O)OCCC)C(=O)C3)CC2)CC1. The third-order valence-electron chi connectivity index (χ3n) is 8.97. The summed E-state index contributed by atoms with van der Waals surface area (Å²) in [5.74, 6) is 3.94. The van der Waals surface area contributed by atoms with Crippen LogP contribution in [0.25, 0.3) is 0 Å². The molecule has 0 aromatic heterocycles. The van der Waals surface area contributed by atoms with Gasteiger partial charge in [-0.3, -0.25) is 9.59 Å². The second-order valence-electron chi connectivity index (χ2n) is 11.0. The smallest absolute Gasteiger partial charge is 0.319 e. The summed E-state index contributed by atoms with van der Waals surface area (Å²) in [6.07, 6.45) is 18.5. The van der Waals surface area contributed by atoms with Gasteiger partial charge in [0.1, 0.15) is 11.2 Å². The van der Waals surface area contributed by atoms with Crippen molar-refractivity contribution in [1.29, 1.82) is 0 Å². The fraction of sp³-hybridized carbons (Fsp3) is 0.926. The van der Waals surface area contributed by atoms with Crippen LogP contribution in [-0.4, -0.2) is 18.4 Å². The van der Waals surface area contributed by atoms with E-state index in [9.17, 15) is 9.59 Å². The predicted octanol–water partition coefficient (Wildman–Crippen LogP) is 7.12. The zero-order chi connectivity index (χ0) is 21.6. The number of hydrogen-bond donors (Lipinski definition) is 0. The van der Waals surface area contributed by atoms with E-state index in [-0.39, 0.29) is 11.8 Å². The Labute approximate surface area is 185 Å². The summed E-state index contributed by atoms with van der Waals surface area (Å²) in [7, 11) is 0. The minimum absolute atomic E-state index is 0.132. The number of ketones is 1. The molecule has 0 unspecified atom stereocenters. The largest absolute Gasteiger partial charge is 0.465 e. The van der Waals surface area contributed by atoms with Gasteiger partial charge in [-0.2, -0.15) is 0 Å². The summed E-state index contributed by atoms with van der Waals surface area (Å²) in [4.78, 5) is 25.3. The lowest BCUT2D eigenvalue weighted by Gasteiger charge is -2.42. The van der Waals surface area contributed by atoms with E-state index < -0.39 is 5.41 Å². The van der Waals surface area contributed by atoms with E-state index in [1.54, 1.807) is 0 Å². The molecule has 0 bridgehead atoms. The van der Waals surface area contributed by atoms with Crippen molar-refractivity contribution in [2.24, 2.45) is 35.0 Å². The third kappa shape index (κ3) is 5.68. The normalized spacial score (nSPS) is 37.7. The fourth-order valence-electron chi connectivity index (χ4n) is 6.68. The number of carbonyl (C=O) groups is 2. The molecule has 3 aliphatic rings. The van der Waals surface area contributed by atoms with Crippen LogP contribution in [0.1, 0.15) is 117 Å². The van der Waals surface area contributed by atoms with Gasteiger partial charge in [-0.05, 0) is 94.3 Å². The minimum Gasteiger partial charge on any atom is -0.465 e. The van der Waals surface area contributed by atoms with Crippen LogP contribution < -0.4 is 0 Å². The highest BCUT2D eigenvalue weighted by Gasteiger charge is 2.47. The van der Waals surface area contributed by atoms with Crippen LogP contribution in [0.5, 0.6) is 0 Å². The van der Waals surface area contributed by atoms with Gasteiger partial charge in [0, 0.05) is 6.42 Å². The van der Waals surface area contributed by atoms with Gasteiger partial charge in [-0.1, -0.05) is 46.0 Å². The Hall–Kier alpha value is -0.860. The number of Topliss-reactive ketones (excluding diaryl/α,β-unsaturated/α-hetero) is 1. The van der Waals surface area contributed by atoms with Crippen molar-refractivity contribution in [1.82, 2.24) is 0 Å². The lowest BCUT2D eigenvalue weighted by Crippen LogP contribution is -2.44. The maximum Gasteiger partial charge on any atom is 0.319 e. The Morgan fingerprint density at radius 1 is 0.867 bits per heavy atom. The highest BCUT2D eigenvalue weighted by molar-refractivity contribution is 6.04. The molecule has 0 heterocycles. The Kier molecular flexibility index (Phi) is 8.83. The molecule has 3 fully saturated rings. The van der Waals surface area contributed by atoms with Crippen molar-refractivity contribution < 1.29 is 14.3 Å². The van der Waals surface area contributed by atoms with Crippen LogP contribution in [0, 0.1) is 35.0 Å². The van der Waals surface area contributed by atoms with E-state index in [4.69, 9.17) is 4.74 Å². The lowest BCUT2D eigenvalue weighted by molar-refractivity contribution is -0.162. The van der Waals surface area contributed by atoms with Gasteiger partial charge < -0.3 is 4.74 Å². The van der Waals surface area contributed by atoms with Crippen LogP contribution >= 0.6 is 0 Å². The molecule has 0 aromatic rings. The third-order valence-corrected chi connectivity index (χ3v) is 8.97. The zero-order valence-electron chi connectivity index (χ0n) is 19.9. The number of carbonyl (C=O) groups excluding carboxylic acids is 2. The molecule has 3 heteroatoms. The van der Waals surface area contributed by atoms with Crippen molar-refractivity contribution in [3.05, 3.63) is 0 Å². The average Bonchev–Trinajstić information content (AvgIpc) is 2.78. The molecule has 172 valence electrons. The summed E-state index contributed by atoms with van der Waals surface area (Å²) in [5, 5.41) is 0. The number of ether oxygens (including phenoxy) is 1. The van der Waals surface area contributed by atoms with Crippen LogP contribution in [0.15, 0.2) is 0 Å². The van der Waals surface area contributed by atoms with Crippen molar-refractivity contribution >= 4 is 11.8 Å². The quantitative estimate of drug-likeness (QED) is 0.311. The molecule has 30 heavy (non-hydrogen) atoms. The molecular formula is C27H46O3. The first-order valence-corrected chi connectivity index (χ1v) is 13.2. The van der Waals surface area contributed by atoms with E-state index in [1.165, 1.54) is 70.6 Å². The summed E-state index contributed by atoms with van der Waals surface area (Å²) >= 11 is 0. The number of rotatable bonds is 8. The van der Waals surface area contributed by atoms with Crippen LogP contribution in [-0.2, 0) is 14.3 Å². The first-order chi connectivity index (χ1) is 14.5. The van der Waals surface area contributed by atoms with Crippen molar-refractivity contribution in [2.75, 3.05) is 6.61 Å². The summed E-state index contributed by atoms with van der Waals surface area (Å²) in [6.45, 7) is 6.54. The van der Waals surface area contributed by atoms with Crippen molar-refractivity contribution in [3.8, 4) is 0 Å². The molecule has 0 aliphatic heterocycles. The van der Waals surface area contributed by atoms with Gasteiger partial charge in [-0.15, -0.1) is 0 Å². The Bertz CT molecular complexity index is 554. The summed E-state index contributed by atoms with van der Waals surface area (Å²) in [5.41, 5.74) is -0.890. The summed E-state index contributed by atoms with van der Waals surface area (Å²) < 4.78 is 5.34. The summed E-state index contributed by atoms with van der Waals surface area (Å²) in [6, 6.07) is 0. The van der Waals surface area contributed by atoms with Crippen molar-refractivity contribution in [2.45, 2.75) is 117 Å². The lowest BCUT2D eigenvalue weighted by atomic mass is 9.62. The molecule has 2 atom stereocenters. The molecule has 0 N–H and O–H groups in total. The van der Waals surface area contributed by atoms with E-state index in [1.807, 2.05) is 13.8 Å². The van der Waals surface area contributed by atoms with Gasteiger partial charge in [0.15, 0.2) is 0 Å². The number of esters is 1. The van der Waals surface area contributed by atoms with Crippen molar-refractivity contribution in [3.63, 3.8) is 0 Å². The molecule has 3 aliphatic carbocycles. The molecule has 3 rings (SSSR count). The van der Waals surface area contributed by atoms with Gasteiger partial charge in [0.05, 0.1) is 6.61 Å². The standard InChI is InChI=1S/C27H46O3/c1-4-6-7-20-8-10-21(11-9-20)22-12-14-23(15-13-22)24-16-17-27(3,25(28)19-24)26(29)30-18-5-2/h20-24H,4-19H2,1-3H3/t20?,21?,22?,23?,24-,27+/m1/s1. The first-order valence-electron chi connectivity index (χ1n) is 13.2. The average molecular weight is 419 g/mol. The van der Waals surface area contributed by atoms with E-state index in [2.05, 4.69) is 6.92 Å². The van der Waals surface area contributed by atoms with E-state index in [0.29, 0.717) is 31.3 Å². The van der Waals surface area contributed by atoms with E-state index in [0.717, 1.165) is 30.6 Å². The highest BCUT2D eigenvalue weighted by atomic mass is 16.5. The van der Waals surface area contributed by atoms with E-state index >= 15 is 0 Å². The van der Waals surface area contributed by atoms with Gasteiger partial charge in [0.2, 0.25) is 0 Å². The molecule has 3 nitrogen and oxygen atoms in total. The van der Waals surface area contributed by atoms with Gasteiger partial charge >= 0.3 is 5.97 Å². The second-order valence-corrected chi connectivity index (χ2v) is 11.0. The second kappa shape index (κ2) is 11.1. The molecule has 0 spiro atoms.